The molecule has 0 spiro atoms. The fourth-order valence-electron chi connectivity index (χ4n) is 4.30. The van der Waals surface area contributed by atoms with E-state index in [4.69, 9.17) is 0 Å². The Morgan fingerprint density at radius 1 is 1.14 bits per heavy atom. The SMILES string of the molecule is O=C(c1cncc(I)c1)N1C[C@H](Nc2c(C(=O)N3CCCCC3)cc(Br)cc2[N+](=O)[O-])C(F)(F)C1. The molecular weight excluding hydrogens is 643 g/mol. The standard InChI is InChI=1S/C22H21BrF2IN5O4/c23-14-7-16(21(33)29-4-2-1-3-5-29)19(17(8-14)31(34)35)28-18-11-30(12-22(18,24)25)20(32)13-6-15(26)10-27-9-13/h6-10,18,28H,1-5,11-12H2/t18-/m0/s1. The maximum absolute atomic E-state index is 15.1. The van der Waals surface area contributed by atoms with Gasteiger partial charge in [0.25, 0.3) is 23.4 Å². The van der Waals surface area contributed by atoms with Crippen LogP contribution in [0.1, 0.15) is 40.0 Å². The van der Waals surface area contributed by atoms with E-state index < -0.39 is 47.5 Å². The third kappa shape index (κ3) is 5.55. The molecule has 1 N–H and O–H groups in total. The number of halogens is 4. The molecule has 3 heterocycles. The zero-order valence-electron chi connectivity index (χ0n) is 18.3. The van der Waals surface area contributed by atoms with Crippen molar-refractivity contribution in [2.24, 2.45) is 0 Å². The topological polar surface area (TPSA) is 109 Å². The summed E-state index contributed by atoms with van der Waals surface area (Å²) in [5, 5.41) is 14.4. The third-order valence-corrected chi connectivity index (χ3v) is 7.07. The number of rotatable bonds is 5. The highest BCUT2D eigenvalue weighted by Gasteiger charge is 2.50. The summed E-state index contributed by atoms with van der Waals surface area (Å²) in [7, 11) is 0. The van der Waals surface area contributed by atoms with Gasteiger partial charge in [0.1, 0.15) is 11.7 Å². The van der Waals surface area contributed by atoms with E-state index in [1.54, 1.807) is 11.0 Å². The highest BCUT2D eigenvalue weighted by atomic mass is 127. The summed E-state index contributed by atoms with van der Waals surface area (Å²) in [6, 6.07) is 2.49. The quantitative estimate of drug-likeness (QED) is 0.286. The number of hydrogen-bond acceptors (Lipinski definition) is 6. The number of alkyl halides is 2. The number of nitro groups is 1. The molecule has 0 saturated carbocycles. The van der Waals surface area contributed by atoms with Crippen LogP contribution in [0.4, 0.5) is 20.2 Å². The van der Waals surface area contributed by atoms with E-state index in [1.165, 1.54) is 24.5 Å². The molecule has 4 rings (SSSR count). The first kappa shape index (κ1) is 25.7. The van der Waals surface area contributed by atoms with Gasteiger partial charge in [0, 0.05) is 46.1 Å². The molecule has 2 aromatic rings. The lowest BCUT2D eigenvalue weighted by molar-refractivity contribution is -0.384. The summed E-state index contributed by atoms with van der Waals surface area (Å²) in [6.07, 6.45) is 5.42. The largest absolute Gasteiger partial charge is 0.369 e. The molecule has 0 bridgehead atoms. The third-order valence-electron chi connectivity index (χ3n) is 6.02. The summed E-state index contributed by atoms with van der Waals surface area (Å²) < 4.78 is 31.1. The van der Waals surface area contributed by atoms with E-state index in [9.17, 15) is 19.7 Å². The molecule has 2 fully saturated rings. The molecule has 1 aromatic carbocycles. The fourth-order valence-corrected chi connectivity index (χ4v) is 5.24. The summed E-state index contributed by atoms with van der Waals surface area (Å²) in [4.78, 5) is 43.7. The minimum atomic E-state index is -3.39. The number of carbonyl (C=O) groups excluding carboxylic acids is 2. The lowest BCUT2D eigenvalue weighted by Crippen LogP contribution is -2.40. The molecule has 1 atom stereocenters. The van der Waals surface area contributed by atoms with Crippen LogP contribution in [0.15, 0.2) is 35.1 Å². The number of piperidine rings is 1. The van der Waals surface area contributed by atoms with Crippen molar-refractivity contribution in [1.29, 1.82) is 0 Å². The molecule has 186 valence electrons. The number of hydrogen-bond donors (Lipinski definition) is 1. The van der Waals surface area contributed by atoms with Gasteiger partial charge in [-0.05, 0) is 54.0 Å². The molecule has 2 aliphatic rings. The number of amides is 2. The van der Waals surface area contributed by atoms with Crippen molar-refractivity contribution in [2.45, 2.75) is 31.2 Å². The number of nitro benzene ring substituents is 1. The molecule has 2 aliphatic heterocycles. The highest BCUT2D eigenvalue weighted by molar-refractivity contribution is 14.1. The van der Waals surface area contributed by atoms with Gasteiger partial charge in [-0.15, -0.1) is 0 Å². The Morgan fingerprint density at radius 2 is 1.86 bits per heavy atom. The zero-order valence-corrected chi connectivity index (χ0v) is 22.1. The van der Waals surface area contributed by atoms with Gasteiger partial charge in [-0.2, -0.15) is 0 Å². The van der Waals surface area contributed by atoms with Gasteiger partial charge in [-0.3, -0.25) is 24.7 Å². The van der Waals surface area contributed by atoms with Crippen LogP contribution in [-0.4, -0.2) is 69.7 Å². The second-order valence-electron chi connectivity index (χ2n) is 8.49. The van der Waals surface area contributed by atoms with Crippen molar-refractivity contribution in [3.63, 3.8) is 0 Å². The van der Waals surface area contributed by atoms with E-state index in [0.717, 1.165) is 24.2 Å². The van der Waals surface area contributed by atoms with Gasteiger partial charge in [-0.25, -0.2) is 8.78 Å². The van der Waals surface area contributed by atoms with Crippen molar-refractivity contribution < 1.29 is 23.3 Å². The minimum absolute atomic E-state index is 0.0598. The van der Waals surface area contributed by atoms with Crippen LogP contribution >= 0.6 is 38.5 Å². The normalized spacial score (nSPS) is 19.5. The average molecular weight is 664 g/mol. The summed E-state index contributed by atoms with van der Waals surface area (Å²) in [6.45, 7) is -0.286. The number of aromatic nitrogens is 1. The summed E-state index contributed by atoms with van der Waals surface area (Å²) in [5.41, 5.74) is -0.662. The van der Waals surface area contributed by atoms with Crippen molar-refractivity contribution in [2.75, 3.05) is 31.5 Å². The maximum atomic E-state index is 15.1. The second-order valence-corrected chi connectivity index (χ2v) is 10.7. The highest BCUT2D eigenvalue weighted by Crippen LogP contribution is 2.38. The first-order valence-corrected chi connectivity index (χ1v) is 12.8. The fraction of sp³-hybridized carbons (Fsp3) is 0.409. The first-order chi connectivity index (χ1) is 16.6. The van der Waals surface area contributed by atoms with Crippen molar-refractivity contribution in [1.82, 2.24) is 14.8 Å². The Morgan fingerprint density at radius 3 is 2.51 bits per heavy atom. The molecule has 9 nitrogen and oxygen atoms in total. The van der Waals surface area contributed by atoms with Crippen LogP contribution < -0.4 is 5.32 Å². The van der Waals surface area contributed by atoms with Crippen molar-refractivity contribution in [3.05, 3.63) is 59.9 Å². The van der Waals surface area contributed by atoms with Gasteiger partial charge in [0.15, 0.2) is 0 Å². The predicted molar refractivity (Wildman–Crippen MR) is 136 cm³/mol. The predicted octanol–water partition coefficient (Wildman–Crippen LogP) is 4.55. The molecule has 2 saturated heterocycles. The van der Waals surface area contributed by atoms with Gasteiger partial charge in [0.05, 0.1) is 22.6 Å². The van der Waals surface area contributed by atoms with Crippen LogP contribution in [0, 0.1) is 13.7 Å². The molecule has 0 aliphatic carbocycles. The Kier molecular flexibility index (Phi) is 7.54. The molecule has 0 unspecified atom stereocenters. The van der Waals surface area contributed by atoms with Gasteiger partial charge < -0.3 is 15.1 Å². The van der Waals surface area contributed by atoms with Crippen LogP contribution in [0.2, 0.25) is 0 Å². The number of likely N-dealkylation sites (tertiary alicyclic amines) is 2. The lowest BCUT2D eigenvalue weighted by atomic mass is 10.1. The van der Waals surface area contributed by atoms with Gasteiger partial charge >= 0.3 is 0 Å². The Bertz CT molecular complexity index is 1180. The second kappa shape index (κ2) is 10.3. The van der Waals surface area contributed by atoms with E-state index in [0.29, 0.717) is 16.7 Å². The minimum Gasteiger partial charge on any atom is -0.369 e. The van der Waals surface area contributed by atoms with Crippen LogP contribution in [-0.2, 0) is 0 Å². The van der Waals surface area contributed by atoms with E-state index in [1.807, 2.05) is 22.6 Å². The number of carbonyl (C=O) groups is 2. The average Bonchev–Trinajstić information content (AvgIpc) is 3.13. The van der Waals surface area contributed by atoms with Crippen molar-refractivity contribution in [3.8, 4) is 0 Å². The van der Waals surface area contributed by atoms with E-state index >= 15 is 8.78 Å². The number of nitrogens with one attached hydrogen (secondary N) is 1. The van der Waals surface area contributed by atoms with E-state index in [-0.39, 0.29) is 21.3 Å². The summed E-state index contributed by atoms with van der Waals surface area (Å²) in [5.74, 6) is -4.47. The molecule has 1 aromatic heterocycles. The molecule has 13 heteroatoms. The molecule has 0 radical (unpaired) electrons. The number of nitrogens with zero attached hydrogens (tertiary/aromatic N) is 4. The van der Waals surface area contributed by atoms with Crippen LogP contribution in [0.3, 0.4) is 0 Å². The summed E-state index contributed by atoms with van der Waals surface area (Å²) >= 11 is 5.16. The van der Waals surface area contributed by atoms with Crippen molar-refractivity contribution >= 4 is 61.7 Å². The number of pyridine rings is 1. The van der Waals surface area contributed by atoms with Crippen LogP contribution in [0.5, 0.6) is 0 Å². The maximum Gasteiger partial charge on any atom is 0.294 e. The van der Waals surface area contributed by atoms with Gasteiger partial charge in [0.2, 0.25) is 0 Å². The lowest BCUT2D eigenvalue weighted by Gasteiger charge is -2.28. The van der Waals surface area contributed by atoms with E-state index in [2.05, 4.69) is 26.2 Å². The smallest absolute Gasteiger partial charge is 0.294 e. The monoisotopic (exact) mass is 663 g/mol. The van der Waals surface area contributed by atoms with Crippen LogP contribution in [0.25, 0.3) is 0 Å². The molecular formula is C22H21BrF2IN5O4. The van der Waals surface area contributed by atoms with Gasteiger partial charge in [-0.1, -0.05) is 15.9 Å². The molecule has 35 heavy (non-hydrogen) atoms. The Labute approximate surface area is 221 Å². The molecule has 2 amide bonds. The zero-order chi connectivity index (χ0) is 25.3. The Hall–Kier alpha value is -2.42. The number of anilines is 1. The number of benzene rings is 1. The Balaban J connectivity index is 1.66. The first-order valence-electron chi connectivity index (χ1n) is 10.9.